The van der Waals surface area contributed by atoms with E-state index in [0.29, 0.717) is 11.2 Å². The molecule has 0 saturated heterocycles. The molecule has 1 aromatic rings. The Morgan fingerprint density at radius 1 is 1.50 bits per heavy atom. The summed E-state index contributed by atoms with van der Waals surface area (Å²) in [6.45, 7) is 5.68. The lowest BCUT2D eigenvalue weighted by Gasteiger charge is -2.20. The number of anilines is 1. The van der Waals surface area contributed by atoms with Crippen LogP contribution in [0.15, 0.2) is 18.2 Å². The maximum Gasteiger partial charge on any atom is 0.491 e. The van der Waals surface area contributed by atoms with Crippen molar-refractivity contribution in [3.63, 3.8) is 0 Å². The van der Waals surface area contributed by atoms with Crippen molar-refractivity contribution in [3.05, 3.63) is 23.8 Å². The fourth-order valence-electron chi connectivity index (χ4n) is 1.78. The molecular weight excluding hydrogens is 233 g/mol. The number of ether oxygens (including phenoxy) is 1. The van der Waals surface area contributed by atoms with Gasteiger partial charge in [-0.05, 0) is 37.9 Å². The Labute approximate surface area is 106 Å². The maximum atomic E-state index is 11.7. The van der Waals surface area contributed by atoms with Crippen molar-refractivity contribution >= 4 is 24.4 Å². The molecule has 18 heavy (non-hydrogen) atoms. The van der Waals surface area contributed by atoms with E-state index in [1.165, 1.54) is 0 Å². The summed E-state index contributed by atoms with van der Waals surface area (Å²) in [6.07, 6.45) is -0.516. The van der Waals surface area contributed by atoms with Crippen LogP contribution >= 0.6 is 0 Å². The molecule has 5 nitrogen and oxygen atoms in total. The number of amides is 1. The number of carbonyl (C=O) groups is 1. The van der Waals surface area contributed by atoms with Crippen LogP contribution in [0.25, 0.3) is 0 Å². The van der Waals surface area contributed by atoms with Crippen molar-refractivity contribution in [1.82, 2.24) is 0 Å². The molecule has 1 heterocycles. The van der Waals surface area contributed by atoms with Crippen molar-refractivity contribution in [3.8, 4) is 0 Å². The van der Waals surface area contributed by atoms with Crippen LogP contribution in [-0.4, -0.2) is 23.8 Å². The number of fused-ring (bicyclic) bond motifs is 1. The average Bonchev–Trinajstić information content (AvgIpc) is 2.59. The number of benzene rings is 1. The summed E-state index contributed by atoms with van der Waals surface area (Å²) in [6, 6.07) is 5.28. The lowest BCUT2D eigenvalue weighted by Crippen LogP contribution is -2.30. The van der Waals surface area contributed by atoms with Crippen molar-refractivity contribution < 1.29 is 19.2 Å². The first-order chi connectivity index (χ1) is 8.37. The molecule has 2 N–H and O–H groups in total. The van der Waals surface area contributed by atoms with Gasteiger partial charge < -0.3 is 14.4 Å². The highest BCUT2D eigenvalue weighted by Crippen LogP contribution is 2.20. The Hall–Kier alpha value is -1.53. The van der Waals surface area contributed by atoms with E-state index in [0.717, 1.165) is 5.56 Å². The molecule has 0 unspecified atom stereocenters. The molecule has 0 fully saturated rings. The number of hydrogen-bond donors (Lipinski definition) is 2. The van der Waals surface area contributed by atoms with Gasteiger partial charge in [0.2, 0.25) is 0 Å². The molecule has 0 aromatic heterocycles. The van der Waals surface area contributed by atoms with Crippen molar-refractivity contribution in [2.45, 2.75) is 33.0 Å². The highest BCUT2D eigenvalue weighted by atomic mass is 16.6. The standard InChI is InChI=1S/C12H16BNO4/c1-12(2,3)18-11(15)14-10-6-4-5-9-8(10)7-17-13(9)16/h4-6,16H,7H2,1-3H3,(H,14,15). The molecule has 2 rings (SSSR count). The van der Waals surface area contributed by atoms with Crippen molar-refractivity contribution in [2.75, 3.05) is 5.32 Å². The number of nitrogens with one attached hydrogen (secondary N) is 1. The Balaban J connectivity index is 2.14. The van der Waals surface area contributed by atoms with Crippen LogP contribution in [-0.2, 0) is 16.0 Å². The van der Waals surface area contributed by atoms with E-state index >= 15 is 0 Å². The fraction of sp³-hybridized carbons (Fsp3) is 0.417. The Kier molecular flexibility index (Phi) is 3.32. The van der Waals surface area contributed by atoms with Gasteiger partial charge in [-0.25, -0.2) is 4.79 Å². The maximum absolute atomic E-state index is 11.7. The van der Waals surface area contributed by atoms with E-state index in [9.17, 15) is 9.82 Å². The number of hydrogen-bond acceptors (Lipinski definition) is 4. The summed E-state index contributed by atoms with van der Waals surface area (Å²) in [5.74, 6) is 0. The quantitative estimate of drug-likeness (QED) is 0.735. The van der Waals surface area contributed by atoms with Crippen LogP contribution < -0.4 is 10.8 Å². The van der Waals surface area contributed by atoms with Gasteiger partial charge in [0.1, 0.15) is 5.60 Å². The van der Waals surface area contributed by atoms with E-state index in [1.54, 1.807) is 39.0 Å². The molecule has 1 aromatic carbocycles. The zero-order valence-electron chi connectivity index (χ0n) is 10.7. The summed E-state index contributed by atoms with van der Waals surface area (Å²) >= 11 is 0. The Bertz CT molecular complexity index is 470. The molecule has 0 spiro atoms. The van der Waals surface area contributed by atoms with Gasteiger partial charge in [-0.2, -0.15) is 0 Å². The number of rotatable bonds is 1. The Morgan fingerprint density at radius 2 is 2.22 bits per heavy atom. The summed E-state index contributed by atoms with van der Waals surface area (Å²) in [4.78, 5) is 11.7. The average molecular weight is 249 g/mol. The van der Waals surface area contributed by atoms with E-state index in [1.807, 2.05) is 0 Å². The summed E-state index contributed by atoms with van der Waals surface area (Å²) in [7, 11) is -0.916. The highest BCUT2D eigenvalue weighted by Gasteiger charge is 2.29. The van der Waals surface area contributed by atoms with Gasteiger partial charge >= 0.3 is 13.2 Å². The third kappa shape index (κ3) is 2.83. The first-order valence-electron chi connectivity index (χ1n) is 5.78. The second-order valence-corrected chi connectivity index (χ2v) is 5.16. The monoisotopic (exact) mass is 249 g/mol. The second kappa shape index (κ2) is 4.63. The van der Waals surface area contributed by atoms with E-state index in [4.69, 9.17) is 9.39 Å². The predicted octanol–water partition coefficient (Wildman–Crippen LogP) is 1.25. The van der Waals surface area contributed by atoms with E-state index in [2.05, 4.69) is 5.32 Å². The van der Waals surface area contributed by atoms with Crippen LogP contribution in [0.5, 0.6) is 0 Å². The second-order valence-electron chi connectivity index (χ2n) is 5.16. The fourth-order valence-corrected chi connectivity index (χ4v) is 1.78. The zero-order chi connectivity index (χ0) is 13.3. The van der Waals surface area contributed by atoms with Gasteiger partial charge in [-0.3, -0.25) is 5.32 Å². The predicted molar refractivity (Wildman–Crippen MR) is 68.7 cm³/mol. The van der Waals surface area contributed by atoms with E-state index < -0.39 is 18.8 Å². The first kappa shape index (κ1) is 12.9. The SMILES string of the molecule is CC(C)(C)OC(=O)Nc1cccc2c1COB2O. The Morgan fingerprint density at radius 3 is 2.89 bits per heavy atom. The topological polar surface area (TPSA) is 67.8 Å². The van der Waals surface area contributed by atoms with Gasteiger partial charge in [-0.15, -0.1) is 0 Å². The minimum Gasteiger partial charge on any atom is -0.444 e. The minimum atomic E-state index is -0.916. The lowest BCUT2D eigenvalue weighted by atomic mass is 9.79. The molecule has 0 radical (unpaired) electrons. The van der Waals surface area contributed by atoms with Gasteiger partial charge in [0.15, 0.2) is 0 Å². The first-order valence-corrected chi connectivity index (χ1v) is 5.78. The minimum absolute atomic E-state index is 0.280. The highest BCUT2D eigenvalue weighted by molar-refractivity contribution is 6.61. The molecule has 0 bridgehead atoms. The smallest absolute Gasteiger partial charge is 0.444 e. The van der Waals surface area contributed by atoms with Gasteiger partial charge in [0, 0.05) is 5.69 Å². The van der Waals surface area contributed by atoms with Crippen molar-refractivity contribution in [2.24, 2.45) is 0 Å². The van der Waals surface area contributed by atoms with Gasteiger partial charge in [0.05, 0.1) is 6.61 Å². The zero-order valence-corrected chi connectivity index (χ0v) is 10.7. The third-order valence-corrected chi connectivity index (χ3v) is 2.50. The third-order valence-electron chi connectivity index (χ3n) is 2.50. The molecule has 96 valence electrons. The van der Waals surface area contributed by atoms with Crippen LogP contribution in [0.4, 0.5) is 10.5 Å². The molecule has 1 amide bonds. The largest absolute Gasteiger partial charge is 0.491 e. The molecule has 6 heteroatoms. The summed E-state index contributed by atoms with van der Waals surface area (Å²) in [5, 5.41) is 12.2. The van der Waals surface area contributed by atoms with Crippen LogP contribution in [0.1, 0.15) is 26.3 Å². The summed E-state index contributed by atoms with van der Waals surface area (Å²) in [5.41, 5.74) is 1.54. The number of carbonyl (C=O) groups excluding carboxylic acids is 1. The van der Waals surface area contributed by atoms with Gasteiger partial charge in [0.25, 0.3) is 0 Å². The normalized spacial score (nSPS) is 14.3. The molecule has 0 atom stereocenters. The van der Waals surface area contributed by atoms with Crippen molar-refractivity contribution in [1.29, 1.82) is 0 Å². The van der Waals surface area contributed by atoms with E-state index in [-0.39, 0.29) is 6.61 Å². The van der Waals surface area contributed by atoms with Crippen LogP contribution in [0, 0.1) is 0 Å². The molecule has 0 saturated carbocycles. The molecule has 1 aliphatic rings. The van der Waals surface area contributed by atoms with Crippen LogP contribution in [0.2, 0.25) is 0 Å². The molecule has 0 aliphatic carbocycles. The lowest BCUT2D eigenvalue weighted by molar-refractivity contribution is 0.0636. The van der Waals surface area contributed by atoms with Crippen LogP contribution in [0.3, 0.4) is 0 Å². The molecule has 1 aliphatic heterocycles. The molecular formula is C12H16BNO4. The summed E-state index contributed by atoms with van der Waals surface area (Å²) < 4.78 is 10.3. The van der Waals surface area contributed by atoms with Gasteiger partial charge in [-0.1, -0.05) is 12.1 Å².